The number of ether oxygens (including phenoxy) is 2. The topological polar surface area (TPSA) is 185 Å². The molecule has 0 fully saturated rings. The van der Waals surface area contributed by atoms with Crippen molar-refractivity contribution in [2.75, 3.05) is 24.6 Å². The van der Waals surface area contributed by atoms with E-state index in [1.54, 1.807) is 27.7 Å². The Kier molecular flexibility index (Phi) is 17.5. The number of sulfonamides is 2. The molecule has 0 heterocycles. The molecule has 0 amide bonds. The Labute approximate surface area is 389 Å². The molecule has 16 heteroatoms. The minimum Gasteiger partial charge on any atom is -0.478 e. The lowest BCUT2D eigenvalue weighted by Gasteiger charge is -2.11. The molecule has 0 aliphatic carbocycles. The van der Waals surface area contributed by atoms with E-state index in [1.807, 2.05) is 105 Å². The fraction of sp³-hybridized carbons (Fsp3) is 0.224. The first kappa shape index (κ1) is 50.4. The van der Waals surface area contributed by atoms with Gasteiger partial charge in [-0.25, -0.2) is 35.9 Å². The third-order valence-corrected chi connectivity index (χ3v) is 15.2. The maximum atomic E-state index is 12.6. The van der Waals surface area contributed by atoms with Gasteiger partial charge in [-0.05, 0) is 179 Å². The molecule has 65 heavy (non-hydrogen) atoms. The number of carbonyl (C=O) groups is 2. The Bertz CT molecular complexity index is 2870. The number of aromatic carboxylic acids is 2. The van der Waals surface area contributed by atoms with E-state index in [4.69, 9.17) is 9.47 Å². The summed E-state index contributed by atoms with van der Waals surface area (Å²) in [6, 6.07) is 34.4. The van der Waals surface area contributed by atoms with Crippen LogP contribution in [0.25, 0.3) is 0 Å². The van der Waals surface area contributed by atoms with Crippen molar-refractivity contribution in [1.29, 1.82) is 0 Å². The van der Waals surface area contributed by atoms with Crippen molar-refractivity contribution in [3.63, 3.8) is 0 Å². The molecule has 4 N–H and O–H groups in total. The van der Waals surface area contributed by atoms with Crippen LogP contribution in [0.4, 0.5) is 0 Å². The highest BCUT2D eigenvalue weighted by atomic mass is 32.2. The Balaban J connectivity index is 0.000000244. The van der Waals surface area contributed by atoms with E-state index >= 15 is 0 Å². The van der Waals surface area contributed by atoms with E-state index in [-0.39, 0.29) is 34.0 Å². The fourth-order valence-electron chi connectivity index (χ4n) is 6.13. The molecule has 0 aliphatic rings. The number of thioether (sulfide) groups is 2. The zero-order valence-corrected chi connectivity index (χ0v) is 40.4. The van der Waals surface area contributed by atoms with Crippen LogP contribution < -0.4 is 18.9 Å². The van der Waals surface area contributed by atoms with Crippen molar-refractivity contribution >= 4 is 55.5 Å². The lowest BCUT2D eigenvalue weighted by Crippen LogP contribution is -2.26. The van der Waals surface area contributed by atoms with Gasteiger partial charge >= 0.3 is 11.9 Å². The monoisotopic (exact) mass is 956 g/mol. The number of hydrogen-bond acceptors (Lipinski definition) is 10. The van der Waals surface area contributed by atoms with Crippen LogP contribution in [0.2, 0.25) is 0 Å². The van der Waals surface area contributed by atoms with Crippen LogP contribution in [-0.4, -0.2) is 63.6 Å². The molecule has 0 aliphatic heterocycles. The quantitative estimate of drug-likeness (QED) is 0.0473. The molecule has 6 aromatic carbocycles. The summed E-state index contributed by atoms with van der Waals surface area (Å²) in [6.45, 7) is 13.3. The Morgan fingerprint density at radius 3 is 1.23 bits per heavy atom. The van der Waals surface area contributed by atoms with Crippen LogP contribution in [0.15, 0.2) is 135 Å². The van der Waals surface area contributed by atoms with Gasteiger partial charge in [0.2, 0.25) is 20.0 Å². The second-order valence-electron chi connectivity index (χ2n) is 15.1. The molecule has 12 nitrogen and oxygen atoms in total. The number of nitrogens with one attached hydrogen (secondary N) is 2. The first-order valence-corrected chi connectivity index (χ1v) is 25.3. The molecular formula is C49H52N2O10S4. The van der Waals surface area contributed by atoms with E-state index < -0.39 is 32.0 Å². The number of hydrogen-bond donors (Lipinski definition) is 4. The lowest BCUT2D eigenvalue weighted by atomic mass is 10.0. The molecule has 0 radical (unpaired) electrons. The van der Waals surface area contributed by atoms with Crippen LogP contribution in [-0.2, 0) is 20.0 Å². The van der Waals surface area contributed by atoms with Crippen molar-refractivity contribution < 1.29 is 46.1 Å². The predicted molar refractivity (Wildman–Crippen MR) is 258 cm³/mol. The largest absolute Gasteiger partial charge is 0.478 e. The number of carboxylic acid groups (broad SMARTS) is 2. The van der Waals surface area contributed by atoms with Crippen LogP contribution in [0.5, 0.6) is 23.0 Å². The molecule has 0 bridgehead atoms. The molecule has 6 aromatic rings. The Morgan fingerprint density at radius 1 is 0.477 bits per heavy atom. The highest BCUT2D eigenvalue weighted by Crippen LogP contribution is 2.28. The summed E-state index contributed by atoms with van der Waals surface area (Å²) in [5.74, 6) is 1.76. The SMILES string of the molecule is Cc1ccc(Oc2ccc(SCCNS(=O)(=O)c3cc(C)c(C)c(C(=O)O)c3)cc2)cc1.Cc1ccc(Oc2ccc(SCCNS(=O)(=O)c3cc(C)c(C)c(C(=O)O)c3)cc2)cc1C. The summed E-state index contributed by atoms with van der Waals surface area (Å²) in [4.78, 5) is 24.7. The van der Waals surface area contributed by atoms with E-state index in [2.05, 4.69) is 16.4 Å². The summed E-state index contributed by atoms with van der Waals surface area (Å²) in [7, 11) is -7.61. The zero-order chi connectivity index (χ0) is 47.5. The van der Waals surface area contributed by atoms with E-state index in [1.165, 1.54) is 64.5 Å². The van der Waals surface area contributed by atoms with Gasteiger partial charge in [-0.2, -0.15) is 0 Å². The van der Waals surface area contributed by atoms with Crippen LogP contribution in [0.3, 0.4) is 0 Å². The number of benzene rings is 6. The molecule has 0 atom stereocenters. The van der Waals surface area contributed by atoms with Gasteiger partial charge in [-0.15, -0.1) is 23.5 Å². The smallest absolute Gasteiger partial charge is 0.336 e. The zero-order valence-electron chi connectivity index (χ0n) is 37.1. The molecule has 0 saturated heterocycles. The highest BCUT2D eigenvalue weighted by molar-refractivity contribution is 7.99. The summed E-state index contributed by atoms with van der Waals surface area (Å²) < 4.78 is 67.2. The molecule has 0 saturated carbocycles. The standard InChI is InChI=1S/C25H27NO5S2.C24H25NO5S2/c1-16-5-6-21(13-17(16)2)31-20-7-9-22(10-8-20)32-12-11-26-33(29,30)23-14-18(3)19(4)24(15-23)25(27)28;1-16-4-6-19(7-5-16)30-20-8-10-21(11-9-20)31-13-12-25-32(28,29)22-14-17(2)18(3)23(15-22)24(26)27/h5-10,13-15,26H,11-12H2,1-4H3,(H,27,28);4-11,14-15,25H,12-13H2,1-3H3,(H,26,27). The van der Waals surface area contributed by atoms with Gasteiger partial charge in [0, 0.05) is 34.4 Å². The normalized spacial score (nSPS) is 11.4. The third kappa shape index (κ3) is 14.4. The van der Waals surface area contributed by atoms with Gasteiger partial charge in [0.1, 0.15) is 23.0 Å². The predicted octanol–water partition coefficient (Wildman–Crippen LogP) is 10.7. The maximum absolute atomic E-state index is 12.6. The molecule has 6 rings (SSSR count). The Morgan fingerprint density at radius 2 is 0.846 bits per heavy atom. The number of rotatable bonds is 18. The van der Waals surface area contributed by atoms with Gasteiger partial charge in [-0.1, -0.05) is 23.8 Å². The summed E-state index contributed by atoms with van der Waals surface area (Å²) in [5.41, 5.74) is 5.89. The van der Waals surface area contributed by atoms with E-state index in [0.29, 0.717) is 33.8 Å². The van der Waals surface area contributed by atoms with Gasteiger partial charge in [0.05, 0.1) is 20.9 Å². The average molecular weight is 957 g/mol. The molecule has 0 spiro atoms. The number of aryl methyl sites for hydroxylation is 5. The van der Waals surface area contributed by atoms with Crippen molar-refractivity contribution in [1.82, 2.24) is 9.44 Å². The van der Waals surface area contributed by atoms with Crippen LogP contribution >= 0.6 is 23.5 Å². The van der Waals surface area contributed by atoms with E-state index in [9.17, 15) is 36.6 Å². The van der Waals surface area contributed by atoms with Crippen molar-refractivity contribution in [2.45, 2.75) is 68.0 Å². The Hall–Kier alpha value is -5.62. The summed E-state index contributed by atoms with van der Waals surface area (Å²) in [6.07, 6.45) is 0. The molecule has 0 aromatic heterocycles. The third-order valence-electron chi connectivity index (χ3n) is 10.3. The minimum atomic E-state index is -3.80. The first-order chi connectivity index (χ1) is 30.7. The average Bonchev–Trinajstić information content (AvgIpc) is 3.26. The number of carboxylic acids is 2. The molecular weight excluding hydrogens is 905 g/mol. The van der Waals surface area contributed by atoms with Gasteiger partial charge in [-0.3, -0.25) is 0 Å². The van der Waals surface area contributed by atoms with Crippen molar-refractivity contribution in [3.8, 4) is 23.0 Å². The van der Waals surface area contributed by atoms with E-state index in [0.717, 1.165) is 32.8 Å². The van der Waals surface area contributed by atoms with Crippen LogP contribution in [0.1, 0.15) is 59.7 Å². The second kappa shape index (κ2) is 22.5. The van der Waals surface area contributed by atoms with Gasteiger partial charge in [0.15, 0.2) is 0 Å². The second-order valence-corrected chi connectivity index (χ2v) is 21.0. The van der Waals surface area contributed by atoms with Crippen molar-refractivity contribution in [2.24, 2.45) is 0 Å². The summed E-state index contributed by atoms with van der Waals surface area (Å²) in [5, 5.41) is 18.6. The van der Waals surface area contributed by atoms with Gasteiger partial charge < -0.3 is 19.7 Å². The fourth-order valence-corrected chi connectivity index (χ4v) is 10.2. The first-order valence-electron chi connectivity index (χ1n) is 20.4. The minimum absolute atomic E-state index is 0.00661. The van der Waals surface area contributed by atoms with Gasteiger partial charge in [0.25, 0.3) is 0 Å². The lowest BCUT2D eigenvalue weighted by molar-refractivity contribution is 0.0684. The van der Waals surface area contributed by atoms with Crippen molar-refractivity contribution in [3.05, 3.63) is 165 Å². The highest BCUT2D eigenvalue weighted by Gasteiger charge is 2.21. The van der Waals surface area contributed by atoms with Crippen LogP contribution in [0, 0.1) is 48.5 Å². The summed E-state index contributed by atoms with van der Waals surface area (Å²) >= 11 is 3.02. The molecule has 0 unspecified atom stereocenters. The maximum Gasteiger partial charge on any atom is 0.336 e. The molecule has 342 valence electrons.